The average molecular weight is 518 g/mol. The Balaban J connectivity index is 0.00000300. The summed E-state index contributed by atoms with van der Waals surface area (Å²) in [6.07, 6.45) is 10.2. The van der Waals surface area contributed by atoms with Crippen LogP contribution in [0.1, 0.15) is 57.1 Å². The summed E-state index contributed by atoms with van der Waals surface area (Å²) in [6, 6.07) is 0.359. The third kappa shape index (κ3) is 7.44. The van der Waals surface area contributed by atoms with E-state index in [2.05, 4.69) is 27.6 Å². The standard InChI is InChI=1S/C20H34N6O2.HI/c1-3-21-20(22-10-9-19(27)24-17-7-5-4-6-8-17)26-11-12-28-18(15-26)16-13-23-25(2)14-16;/h13-14,17-18H,3-12,15H2,1-2H3,(H,21,22)(H,24,27);1H. The summed E-state index contributed by atoms with van der Waals surface area (Å²) in [4.78, 5) is 19.1. The smallest absolute Gasteiger partial charge is 0.222 e. The van der Waals surface area contributed by atoms with Crippen molar-refractivity contribution in [2.45, 2.75) is 57.6 Å². The predicted octanol–water partition coefficient (Wildman–Crippen LogP) is 2.22. The molecule has 8 nitrogen and oxygen atoms in total. The fraction of sp³-hybridized carbons (Fsp3) is 0.750. The van der Waals surface area contributed by atoms with Gasteiger partial charge in [-0.3, -0.25) is 14.5 Å². The van der Waals surface area contributed by atoms with Crippen molar-refractivity contribution in [1.29, 1.82) is 0 Å². The van der Waals surface area contributed by atoms with Gasteiger partial charge in [-0.15, -0.1) is 24.0 Å². The van der Waals surface area contributed by atoms with Crippen LogP contribution in [0.5, 0.6) is 0 Å². The number of nitrogens with one attached hydrogen (secondary N) is 2. The minimum absolute atomic E-state index is 0. The Bertz CT molecular complexity index is 659. The van der Waals surface area contributed by atoms with Crippen LogP contribution < -0.4 is 10.6 Å². The summed E-state index contributed by atoms with van der Waals surface area (Å²) < 4.78 is 7.71. The molecule has 1 aliphatic carbocycles. The molecule has 1 atom stereocenters. The molecule has 0 spiro atoms. The number of aliphatic imine (C=N–C) groups is 1. The summed E-state index contributed by atoms with van der Waals surface area (Å²) in [7, 11) is 1.91. The number of amides is 1. The zero-order valence-corrected chi connectivity index (χ0v) is 19.9. The zero-order chi connectivity index (χ0) is 19.8. The van der Waals surface area contributed by atoms with Crippen LogP contribution in [0.25, 0.3) is 0 Å². The average Bonchev–Trinajstić information content (AvgIpc) is 3.15. The van der Waals surface area contributed by atoms with Gasteiger partial charge in [0.15, 0.2) is 5.96 Å². The van der Waals surface area contributed by atoms with Crippen molar-refractivity contribution >= 4 is 35.8 Å². The number of carbonyl (C=O) groups excluding carboxylic acids is 1. The fourth-order valence-electron chi connectivity index (χ4n) is 3.89. The van der Waals surface area contributed by atoms with Gasteiger partial charge in [0, 0.05) is 44.4 Å². The lowest BCUT2D eigenvalue weighted by Crippen LogP contribution is -2.48. The van der Waals surface area contributed by atoms with Gasteiger partial charge in [0.1, 0.15) is 6.10 Å². The van der Waals surface area contributed by atoms with Gasteiger partial charge in [-0.05, 0) is 19.8 Å². The highest BCUT2D eigenvalue weighted by molar-refractivity contribution is 14.0. The molecule has 0 aromatic carbocycles. The summed E-state index contributed by atoms with van der Waals surface area (Å²) in [6.45, 7) is 5.51. The van der Waals surface area contributed by atoms with Gasteiger partial charge in [-0.1, -0.05) is 19.3 Å². The second-order valence-electron chi connectivity index (χ2n) is 7.64. The number of carbonyl (C=O) groups is 1. The Morgan fingerprint density at radius 1 is 1.34 bits per heavy atom. The van der Waals surface area contributed by atoms with Crippen molar-refractivity contribution in [3.8, 4) is 0 Å². The normalized spacial score (nSPS) is 20.8. The van der Waals surface area contributed by atoms with E-state index in [4.69, 9.17) is 9.73 Å². The third-order valence-electron chi connectivity index (χ3n) is 5.37. The molecule has 1 amide bonds. The van der Waals surface area contributed by atoms with Gasteiger partial charge in [0.25, 0.3) is 0 Å². The van der Waals surface area contributed by atoms with E-state index in [1.807, 2.05) is 19.4 Å². The Morgan fingerprint density at radius 2 is 2.14 bits per heavy atom. The highest BCUT2D eigenvalue weighted by Crippen LogP contribution is 2.21. The highest BCUT2D eigenvalue weighted by Gasteiger charge is 2.25. The van der Waals surface area contributed by atoms with Crippen molar-refractivity contribution in [2.24, 2.45) is 12.0 Å². The topological polar surface area (TPSA) is 83.8 Å². The first-order valence-electron chi connectivity index (χ1n) is 10.6. The molecule has 2 heterocycles. The van der Waals surface area contributed by atoms with E-state index < -0.39 is 0 Å². The first kappa shape index (κ1) is 23.9. The quantitative estimate of drug-likeness (QED) is 0.343. The van der Waals surface area contributed by atoms with Crippen molar-refractivity contribution in [1.82, 2.24) is 25.3 Å². The zero-order valence-electron chi connectivity index (χ0n) is 17.6. The first-order chi connectivity index (χ1) is 13.7. The molecule has 9 heteroatoms. The van der Waals surface area contributed by atoms with Gasteiger partial charge >= 0.3 is 0 Å². The summed E-state index contributed by atoms with van der Waals surface area (Å²) >= 11 is 0. The number of morpholine rings is 1. The lowest BCUT2D eigenvalue weighted by atomic mass is 9.95. The van der Waals surface area contributed by atoms with Crippen LogP contribution in [-0.4, -0.2) is 65.4 Å². The number of nitrogens with zero attached hydrogens (tertiary/aromatic N) is 4. The van der Waals surface area contributed by atoms with Gasteiger partial charge in [0.05, 0.1) is 25.9 Å². The maximum Gasteiger partial charge on any atom is 0.222 e. The highest BCUT2D eigenvalue weighted by atomic mass is 127. The number of rotatable bonds is 6. The molecule has 2 fully saturated rings. The molecule has 1 unspecified atom stereocenters. The Kier molecular flexibility index (Phi) is 10.2. The fourth-order valence-corrected chi connectivity index (χ4v) is 3.89. The first-order valence-corrected chi connectivity index (χ1v) is 10.6. The molecule has 164 valence electrons. The Morgan fingerprint density at radius 3 is 2.83 bits per heavy atom. The van der Waals surface area contributed by atoms with Crippen LogP contribution in [0.3, 0.4) is 0 Å². The third-order valence-corrected chi connectivity index (χ3v) is 5.37. The van der Waals surface area contributed by atoms with Gasteiger partial charge in [-0.25, -0.2) is 0 Å². The molecule has 2 N–H and O–H groups in total. The maximum atomic E-state index is 12.2. The summed E-state index contributed by atoms with van der Waals surface area (Å²) in [5.41, 5.74) is 1.08. The lowest BCUT2D eigenvalue weighted by Gasteiger charge is -2.34. The van der Waals surface area contributed by atoms with E-state index in [-0.39, 0.29) is 36.0 Å². The molecule has 29 heavy (non-hydrogen) atoms. The van der Waals surface area contributed by atoms with Gasteiger partial charge in [0.2, 0.25) is 5.91 Å². The number of aromatic nitrogens is 2. The molecule has 1 aliphatic heterocycles. The predicted molar refractivity (Wildman–Crippen MR) is 125 cm³/mol. The maximum absolute atomic E-state index is 12.2. The molecule has 0 radical (unpaired) electrons. The molecule has 2 aliphatic rings. The van der Waals surface area contributed by atoms with E-state index in [1.54, 1.807) is 4.68 Å². The molecule has 0 bridgehead atoms. The second kappa shape index (κ2) is 12.4. The monoisotopic (exact) mass is 518 g/mol. The number of ether oxygens (including phenoxy) is 1. The van der Waals surface area contributed by atoms with Crippen LogP contribution in [0.2, 0.25) is 0 Å². The van der Waals surface area contributed by atoms with Crippen LogP contribution in [0.15, 0.2) is 17.4 Å². The Hall–Kier alpha value is -1.36. The van der Waals surface area contributed by atoms with Crippen LogP contribution >= 0.6 is 24.0 Å². The van der Waals surface area contributed by atoms with E-state index >= 15 is 0 Å². The van der Waals surface area contributed by atoms with Gasteiger partial charge < -0.3 is 20.3 Å². The van der Waals surface area contributed by atoms with Gasteiger partial charge in [-0.2, -0.15) is 5.10 Å². The van der Waals surface area contributed by atoms with Crippen molar-refractivity contribution in [2.75, 3.05) is 32.8 Å². The minimum atomic E-state index is -0.0130. The van der Waals surface area contributed by atoms with Crippen molar-refractivity contribution < 1.29 is 9.53 Å². The number of hydrogen-bond acceptors (Lipinski definition) is 4. The molecule has 3 rings (SSSR count). The molecule has 1 saturated carbocycles. The van der Waals surface area contributed by atoms with Crippen molar-refractivity contribution in [3.63, 3.8) is 0 Å². The van der Waals surface area contributed by atoms with Crippen LogP contribution in [0.4, 0.5) is 0 Å². The minimum Gasteiger partial charge on any atom is -0.370 e. The molecule has 1 saturated heterocycles. The molecule has 1 aromatic heterocycles. The lowest BCUT2D eigenvalue weighted by molar-refractivity contribution is -0.121. The van der Waals surface area contributed by atoms with Crippen molar-refractivity contribution in [3.05, 3.63) is 18.0 Å². The molecule has 1 aromatic rings. The SMILES string of the molecule is CCNC(=NCCC(=O)NC1CCCCC1)N1CCOC(c2cnn(C)c2)C1.I. The summed E-state index contributed by atoms with van der Waals surface area (Å²) in [5.74, 6) is 0.965. The van der Waals surface area contributed by atoms with Crippen LogP contribution in [-0.2, 0) is 16.6 Å². The van der Waals surface area contributed by atoms with E-state index in [0.717, 1.165) is 44.0 Å². The molecular weight excluding hydrogens is 483 g/mol. The number of aryl methyl sites for hydroxylation is 1. The summed E-state index contributed by atoms with van der Waals surface area (Å²) in [5, 5.41) is 10.8. The second-order valence-corrected chi connectivity index (χ2v) is 7.64. The van der Waals surface area contributed by atoms with E-state index in [1.165, 1.54) is 19.3 Å². The Labute approximate surface area is 190 Å². The largest absolute Gasteiger partial charge is 0.370 e. The number of halogens is 1. The number of guanidine groups is 1. The number of hydrogen-bond donors (Lipinski definition) is 2. The van der Waals surface area contributed by atoms with E-state index in [0.29, 0.717) is 25.6 Å². The van der Waals surface area contributed by atoms with E-state index in [9.17, 15) is 4.79 Å². The van der Waals surface area contributed by atoms with Crippen LogP contribution in [0, 0.1) is 0 Å². The molecular formula is C20H35IN6O2.